The Morgan fingerprint density at radius 3 is 2.15 bits per heavy atom. The fraction of sp³-hybridized carbons (Fsp3) is 1.00. The molecule has 77 valence electrons. The summed E-state index contributed by atoms with van der Waals surface area (Å²) in [6.45, 7) is 2.29. The first-order chi connectivity index (χ1) is 6.43. The molecule has 0 aromatic carbocycles. The lowest BCUT2D eigenvalue weighted by Crippen LogP contribution is -1.82. The van der Waals surface area contributed by atoms with Gasteiger partial charge in [0.1, 0.15) is 0 Å². The molecule has 1 rings (SSSR count). The van der Waals surface area contributed by atoms with Gasteiger partial charge in [0, 0.05) is 0 Å². The van der Waals surface area contributed by atoms with E-state index in [0.717, 1.165) is 5.66 Å². The minimum Gasteiger partial charge on any atom is -0.0775 e. The summed E-state index contributed by atoms with van der Waals surface area (Å²) in [5.41, 5.74) is 1.13. The van der Waals surface area contributed by atoms with Gasteiger partial charge < -0.3 is 0 Å². The molecule has 0 aliphatic heterocycles. The monoisotopic (exact) mass is 199 g/mol. The predicted octanol–water partition coefficient (Wildman–Crippen LogP) is 4.85. The van der Waals surface area contributed by atoms with Crippen LogP contribution in [0.15, 0.2) is 0 Å². The number of rotatable bonds is 9. The van der Waals surface area contributed by atoms with Crippen molar-refractivity contribution in [2.24, 2.45) is 0 Å². The highest BCUT2D eigenvalue weighted by Crippen LogP contribution is 2.39. The van der Waals surface area contributed by atoms with E-state index in [1.54, 1.807) is 8.58 Å². The van der Waals surface area contributed by atoms with Crippen LogP contribution in [-0.4, -0.2) is 11.8 Å². The molecule has 0 spiro atoms. The topological polar surface area (TPSA) is 0 Å². The smallest absolute Gasteiger partial charge is 0.0170 e. The minimum atomic E-state index is 1.13. The molecule has 0 amide bonds. The zero-order valence-corrected chi connectivity index (χ0v) is 9.99. The Hall–Kier alpha value is 0.430. The van der Waals surface area contributed by atoms with Gasteiger partial charge in [0.25, 0.3) is 0 Å². The Morgan fingerprint density at radius 2 is 1.54 bits per heavy atom. The average molecular weight is 199 g/mol. The van der Waals surface area contributed by atoms with E-state index in [1.165, 1.54) is 63.9 Å². The van der Waals surface area contributed by atoms with Gasteiger partial charge in [0.2, 0.25) is 0 Å². The second-order valence-corrected chi connectivity index (χ2v) is 5.80. The molecule has 0 nitrogen and oxygen atoms in total. The van der Waals surface area contributed by atoms with Gasteiger partial charge in [-0.3, -0.25) is 0 Å². The van der Waals surface area contributed by atoms with Crippen LogP contribution in [0.5, 0.6) is 0 Å². The Bertz CT molecular complexity index is 108. The van der Waals surface area contributed by atoms with Gasteiger partial charge in [0.05, 0.1) is 0 Å². The third kappa shape index (κ3) is 7.50. The van der Waals surface area contributed by atoms with Crippen LogP contribution in [0.2, 0.25) is 0 Å². The molecule has 0 N–H and O–H groups in total. The molecule has 0 aromatic heterocycles. The van der Waals surface area contributed by atoms with E-state index >= 15 is 0 Å². The first kappa shape index (κ1) is 11.5. The van der Waals surface area contributed by atoms with E-state index in [0.29, 0.717) is 0 Å². The van der Waals surface area contributed by atoms with Crippen LogP contribution < -0.4 is 0 Å². The Morgan fingerprint density at radius 1 is 0.923 bits per heavy atom. The average Bonchev–Trinajstić information content (AvgIpc) is 2.93. The molecule has 0 bridgehead atoms. The lowest BCUT2D eigenvalue weighted by atomic mass is 10.1. The second-order valence-electron chi connectivity index (χ2n) is 4.26. The molecule has 0 unspecified atom stereocenters. The summed E-state index contributed by atoms with van der Waals surface area (Å²) < 4.78 is 0. The summed E-state index contributed by atoms with van der Waals surface area (Å²) in [5, 5.41) is 0. The first-order valence-electron chi connectivity index (χ1n) is 6.10. The molecule has 13 heavy (non-hydrogen) atoms. The SMILES string of the molecule is CCCCCCCCC[P]C1CC1. The zero-order valence-electron chi connectivity index (χ0n) is 9.10. The molecular weight excluding hydrogens is 175 g/mol. The Labute approximate surface area is 85.7 Å². The van der Waals surface area contributed by atoms with Gasteiger partial charge in [-0.05, 0) is 31.1 Å². The van der Waals surface area contributed by atoms with Crippen molar-refractivity contribution in [3.8, 4) is 0 Å². The molecule has 0 heterocycles. The van der Waals surface area contributed by atoms with Crippen molar-refractivity contribution in [3.05, 3.63) is 0 Å². The van der Waals surface area contributed by atoms with Crippen LogP contribution in [0.1, 0.15) is 64.7 Å². The summed E-state index contributed by atoms with van der Waals surface area (Å²) in [6, 6.07) is 0. The lowest BCUT2D eigenvalue weighted by Gasteiger charge is -2.00. The summed E-state index contributed by atoms with van der Waals surface area (Å²) >= 11 is 0. The van der Waals surface area contributed by atoms with E-state index in [1.807, 2.05) is 0 Å². The minimum absolute atomic E-state index is 1.13. The fourth-order valence-corrected chi connectivity index (χ4v) is 2.89. The fourth-order valence-electron chi connectivity index (χ4n) is 1.60. The van der Waals surface area contributed by atoms with Crippen LogP contribution in [0.3, 0.4) is 0 Å². The van der Waals surface area contributed by atoms with Gasteiger partial charge in [-0.15, -0.1) is 0 Å². The van der Waals surface area contributed by atoms with Gasteiger partial charge in [-0.1, -0.05) is 54.0 Å². The van der Waals surface area contributed by atoms with Crippen LogP contribution in [0, 0.1) is 0 Å². The van der Waals surface area contributed by atoms with Crippen LogP contribution in [0.25, 0.3) is 0 Å². The summed E-state index contributed by atoms with van der Waals surface area (Å²) in [5.74, 6) is 0. The molecule has 1 aliphatic rings. The molecule has 1 fully saturated rings. The number of hydrogen-bond donors (Lipinski definition) is 0. The third-order valence-corrected chi connectivity index (χ3v) is 4.30. The maximum Gasteiger partial charge on any atom is -0.0170 e. The quantitative estimate of drug-likeness (QED) is 0.368. The number of unbranched alkanes of at least 4 members (excludes halogenated alkanes) is 6. The van der Waals surface area contributed by atoms with E-state index in [4.69, 9.17) is 0 Å². The molecule has 0 atom stereocenters. The molecule has 1 radical (unpaired) electrons. The molecular formula is C12H24P. The Kier molecular flexibility index (Phi) is 6.90. The van der Waals surface area contributed by atoms with E-state index in [2.05, 4.69) is 6.92 Å². The Balaban J connectivity index is 1.63. The maximum atomic E-state index is 2.29. The highest BCUT2D eigenvalue weighted by molar-refractivity contribution is 7.39. The predicted molar refractivity (Wildman–Crippen MR) is 62.8 cm³/mol. The number of hydrogen-bond acceptors (Lipinski definition) is 0. The van der Waals surface area contributed by atoms with Gasteiger partial charge in [-0.2, -0.15) is 0 Å². The summed E-state index contributed by atoms with van der Waals surface area (Å²) in [4.78, 5) is 0. The molecule has 1 heteroatoms. The largest absolute Gasteiger partial charge is 0.0775 e. The van der Waals surface area contributed by atoms with Gasteiger partial charge >= 0.3 is 0 Å². The van der Waals surface area contributed by atoms with Crippen LogP contribution in [-0.2, 0) is 0 Å². The van der Waals surface area contributed by atoms with Crippen molar-refractivity contribution in [2.75, 3.05) is 6.16 Å². The second kappa shape index (κ2) is 7.80. The molecule has 0 saturated heterocycles. The van der Waals surface area contributed by atoms with Gasteiger partial charge in [-0.25, -0.2) is 0 Å². The van der Waals surface area contributed by atoms with Crippen molar-refractivity contribution < 1.29 is 0 Å². The van der Waals surface area contributed by atoms with Gasteiger partial charge in [0.15, 0.2) is 0 Å². The van der Waals surface area contributed by atoms with E-state index in [-0.39, 0.29) is 0 Å². The standard InChI is InChI=1S/C12H24P/c1-2-3-4-5-6-7-8-11-13-12-9-10-12/h12H,2-11H2,1H3. The molecule has 1 saturated carbocycles. The van der Waals surface area contributed by atoms with Crippen LogP contribution in [0.4, 0.5) is 0 Å². The molecule has 0 aromatic rings. The zero-order chi connectivity index (χ0) is 9.36. The maximum absolute atomic E-state index is 2.29. The first-order valence-corrected chi connectivity index (χ1v) is 7.25. The summed E-state index contributed by atoms with van der Waals surface area (Å²) in [6.07, 6.45) is 14.8. The highest BCUT2D eigenvalue weighted by Gasteiger charge is 2.20. The van der Waals surface area contributed by atoms with Crippen molar-refractivity contribution in [1.29, 1.82) is 0 Å². The van der Waals surface area contributed by atoms with E-state index in [9.17, 15) is 0 Å². The van der Waals surface area contributed by atoms with E-state index < -0.39 is 0 Å². The highest BCUT2D eigenvalue weighted by atomic mass is 31.1. The third-order valence-electron chi connectivity index (χ3n) is 2.70. The van der Waals surface area contributed by atoms with Crippen molar-refractivity contribution in [2.45, 2.75) is 70.4 Å². The molecule has 1 aliphatic carbocycles. The van der Waals surface area contributed by atoms with Crippen molar-refractivity contribution in [1.82, 2.24) is 0 Å². The summed E-state index contributed by atoms with van der Waals surface area (Å²) in [7, 11) is 1.76. The van der Waals surface area contributed by atoms with Crippen molar-refractivity contribution >= 4 is 8.58 Å². The van der Waals surface area contributed by atoms with Crippen molar-refractivity contribution in [3.63, 3.8) is 0 Å². The van der Waals surface area contributed by atoms with Crippen LogP contribution >= 0.6 is 8.58 Å². The normalized spacial score (nSPS) is 17.3. The lowest BCUT2D eigenvalue weighted by molar-refractivity contribution is 0.603.